The first-order valence-corrected chi connectivity index (χ1v) is 9.16. The highest BCUT2D eigenvalue weighted by atomic mass is 16.5. The molecule has 2 atom stereocenters. The number of aromatic nitrogens is 4. The summed E-state index contributed by atoms with van der Waals surface area (Å²) < 4.78 is 7.17. The number of tetrazole rings is 1. The van der Waals surface area contributed by atoms with Crippen LogP contribution in [-0.4, -0.2) is 93.1 Å². The van der Waals surface area contributed by atoms with Crippen LogP contribution in [0.3, 0.4) is 0 Å². The quantitative estimate of drug-likeness (QED) is 0.738. The fourth-order valence-electron chi connectivity index (χ4n) is 4.75. The molecule has 0 radical (unpaired) electrons. The molecule has 9 heteroatoms. The van der Waals surface area contributed by atoms with E-state index in [2.05, 4.69) is 25.3 Å². The smallest absolute Gasteiger partial charge is 0.312 e. The molecule has 3 aliphatic heterocycles. The van der Waals surface area contributed by atoms with Gasteiger partial charge in [0.05, 0.1) is 5.41 Å². The molecule has 9 nitrogen and oxygen atoms in total. The van der Waals surface area contributed by atoms with Crippen molar-refractivity contribution in [3.8, 4) is 0 Å². The van der Waals surface area contributed by atoms with Gasteiger partial charge in [-0.25, -0.2) is 4.68 Å². The van der Waals surface area contributed by atoms with Crippen LogP contribution in [0.4, 0.5) is 0 Å². The summed E-state index contributed by atoms with van der Waals surface area (Å²) in [5.41, 5.74) is -0.604. The summed E-state index contributed by atoms with van der Waals surface area (Å²) in [6.07, 6.45) is 4.59. The van der Waals surface area contributed by atoms with Crippen molar-refractivity contribution < 1.29 is 14.6 Å². The number of fused-ring (bicyclic) bond motifs is 1. The lowest BCUT2D eigenvalue weighted by atomic mass is 9.81. The third-order valence-electron chi connectivity index (χ3n) is 6.09. The summed E-state index contributed by atoms with van der Waals surface area (Å²) >= 11 is 0. The van der Waals surface area contributed by atoms with Gasteiger partial charge in [-0.2, -0.15) is 0 Å². The highest BCUT2D eigenvalue weighted by Crippen LogP contribution is 2.44. The standard InChI is InChI=1S/C16H26N6O3/c23-15(24)16-10-20(4-1-5-22-12-17-18-19-22)8-13(16)9-21(11-16)14-2-6-25-7-3-14/h12-14H,1-11H2,(H,23,24)/t13-,16-/m1/s1. The number of hydrogen-bond acceptors (Lipinski definition) is 7. The molecule has 0 aromatic carbocycles. The summed E-state index contributed by atoms with van der Waals surface area (Å²) in [6.45, 7) is 6.38. The van der Waals surface area contributed by atoms with Gasteiger partial charge in [0.15, 0.2) is 0 Å². The van der Waals surface area contributed by atoms with Crippen LogP contribution in [0.2, 0.25) is 0 Å². The zero-order valence-electron chi connectivity index (χ0n) is 14.5. The predicted octanol–water partition coefficient (Wildman–Crippen LogP) is -0.439. The van der Waals surface area contributed by atoms with Crippen LogP contribution in [0.5, 0.6) is 0 Å². The second-order valence-corrected chi connectivity index (χ2v) is 7.59. The average Bonchev–Trinajstić information content (AvgIpc) is 3.30. The van der Waals surface area contributed by atoms with E-state index < -0.39 is 11.4 Å². The molecular formula is C16H26N6O3. The van der Waals surface area contributed by atoms with Crippen molar-refractivity contribution in [3.63, 3.8) is 0 Å². The third-order valence-corrected chi connectivity index (χ3v) is 6.09. The summed E-state index contributed by atoms with van der Waals surface area (Å²) in [5, 5.41) is 21.1. The first-order valence-electron chi connectivity index (χ1n) is 9.16. The van der Waals surface area contributed by atoms with Crippen LogP contribution in [0, 0.1) is 11.3 Å². The molecule has 0 amide bonds. The van der Waals surface area contributed by atoms with Crippen molar-refractivity contribution in [3.05, 3.63) is 6.33 Å². The van der Waals surface area contributed by atoms with Gasteiger partial charge in [-0.1, -0.05) is 0 Å². The Hall–Kier alpha value is -1.58. The van der Waals surface area contributed by atoms with Gasteiger partial charge in [0.1, 0.15) is 6.33 Å². The van der Waals surface area contributed by atoms with Crippen molar-refractivity contribution in [1.82, 2.24) is 30.0 Å². The SMILES string of the molecule is O=C(O)[C@@]12CN(CCCn3cnnn3)C[C@@H]1CN(C1CCOCC1)C2. The summed E-state index contributed by atoms with van der Waals surface area (Å²) in [6, 6.07) is 0.490. The minimum Gasteiger partial charge on any atom is -0.481 e. The number of carboxylic acid groups (broad SMARTS) is 1. The molecule has 0 aliphatic carbocycles. The molecule has 0 spiro atoms. The number of likely N-dealkylation sites (tertiary alicyclic amines) is 2. The van der Waals surface area contributed by atoms with Crippen LogP contribution in [-0.2, 0) is 16.1 Å². The number of carboxylic acids is 1. The Labute approximate surface area is 146 Å². The van der Waals surface area contributed by atoms with E-state index in [0.717, 1.165) is 58.7 Å². The molecule has 25 heavy (non-hydrogen) atoms. The first kappa shape index (κ1) is 16.9. The number of nitrogens with zero attached hydrogens (tertiary/aromatic N) is 6. The second kappa shape index (κ2) is 6.97. The molecule has 0 unspecified atom stereocenters. The van der Waals surface area contributed by atoms with Gasteiger partial charge in [-0.15, -0.1) is 5.10 Å². The topological polar surface area (TPSA) is 96.6 Å². The Morgan fingerprint density at radius 2 is 2.08 bits per heavy atom. The monoisotopic (exact) mass is 350 g/mol. The number of carbonyl (C=O) groups is 1. The normalized spacial score (nSPS) is 31.4. The highest BCUT2D eigenvalue weighted by Gasteiger charge is 2.58. The lowest BCUT2D eigenvalue weighted by molar-refractivity contribution is -0.149. The van der Waals surface area contributed by atoms with Gasteiger partial charge in [-0.05, 0) is 36.2 Å². The highest BCUT2D eigenvalue weighted by molar-refractivity contribution is 5.77. The second-order valence-electron chi connectivity index (χ2n) is 7.59. The zero-order chi connectivity index (χ0) is 17.3. The van der Waals surface area contributed by atoms with E-state index in [1.807, 2.05) is 0 Å². The van der Waals surface area contributed by atoms with Crippen LogP contribution >= 0.6 is 0 Å². The molecule has 3 fully saturated rings. The summed E-state index contributed by atoms with van der Waals surface area (Å²) in [4.78, 5) is 16.9. The lowest BCUT2D eigenvalue weighted by Crippen LogP contribution is -2.44. The Bertz CT molecular complexity index is 591. The van der Waals surface area contributed by atoms with E-state index >= 15 is 0 Å². The fraction of sp³-hybridized carbons (Fsp3) is 0.875. The van der Waals surface area contributed by atoms with E-state index in [0.29, 0.717) is 19.1 Å². The maximum atomic E-state index is 12.1. The number of hydrogen-bond donors (Lipinski definition) is 1. The third kappa shape index (κ3) is 3.28. The maximum absolute atomic E-state index is 12.1. The Kier molecular flexibility index (Phi) is 4.70. The van der Waals surface area contributed by atoms with Gasteiger partial charge in [-0.3, -0.25) is 9.69 Å². The molecule has 1 N–H and O–H groups in total. The van der Waals surface area contributed by atoms with E-state index in [1.54, 1.807) is 11.0 Å². The lowest BCUT2D eigenvalue weighted by Gasteiger charge is -2.33. The number of rotatable bonds is 6. The van der Waals surface area contributed by atoms with Crippen molar-refractivity contribution in [2.24, 2.45) is 11.3 Å². The average molecular weight is 350 g/mol. The van der Waals surface area contributed by atoms with Crippen molar-refractivity contribution in [1.29, 1.82) is 0 Å². The maximum Gasteiger partial charge on any atom is 0.312 e. The minimum atomic E-state index is -0.630. The van der Waals surface area contributed by atoms with E-state index in [4.69, 9.17) is 4.74 Å². The molecule has 1 aromatic rings. The van der Waals surface area contributed by atoms with Crippen molar-refractivity contribution >= 4 is 5.97 Å². The molecule has 3 aliphatic rings. The first-order chi connectivity index (χ1) is 12.2. The Morgan fingerprint density at radius 3 is 2.76 bits per heavy atom. The molecule has 1 aromatic heterocycles. The van der Waals surface area contributed by atoms with Crippen LogP contribution in [0.15, 0.2) is 6.33 Å². The van der Waals surface area contributed by atoms with E-state index in [9.17, 15) is 9.90 Å². The zero-order valence-corrected chi connectivity index (χ0v) is 14.5. The van der Waals surface area contributed by atoms with Gasteiger partial charge >= 0.3 is 5.97 Å². The minimum absolute atomic E-state index is 0.223. The molecule has 0 bridgehead atoms. The van der Waals surface area contributed by atoms with E-state index in [1.165, 1.54) is 0 Å². The molecule has 138 valence electrons. The van der Waals surface area contributed by atoms with Gasteiger partial charge in [0.25, 0.3) is 0 Å². The van der Waals surface area contributed by atoms with Crippen molar-refractivity contribution in [2.45, 2.75) is 31.8 Å². The van der Waals surface area contributed by atoms with Crippen molar-refractivity contribution in [2.75, 3.05) is 45.9 Å². The molecule has 4 heterocycles. The number of aryl methyl sites for hydroxylation is 1. The van der Waals surface area contributed by atoms with Crippen LogP contribution in [0.1, 0.15) is 19.3 Å². The Morgan fingerprint density at radius 1 is 1.24 bits per heavy atom. The largest absolute Gasteiger partial charge is 0.481 e. The Balaban J connectivity index is 1.34. The molecule has 3 saturated heterocycles. The molecular weight excluding hydrogens is 324 g/mol. The summed E-state index contributed by atoms with van der Waals surface area (Å²) in [7, 11) is 0. The van der Waals surface area contributed by atoms with Gasteiger partial charge in [0, 0.05) is 57.9 Å². The number of ether oxygens (including phenoxy) is 1. The van der Waals surface area contributed by atoms with Gasteiger partial charge < -0.3 is 14.7 Å². The van der Waals surface area contributed by atoms with Crippen LogP contribution in [0.25, 0.3) is 0 Å². The number of aliphatic carboxylic acids is 1. The molecule has 4 rings (SSSR count). The van der Waals surface area contributed by atoms with Gasteiger partial charge in [0.2, 0.25) is 0 Å². The fourth-order valence-corrected chi connectivity index (χ4v) is 4.75. The summed E-state index contributed by atoms with van der Waals surface area (Å²) in [5.74, 6) is -0.407. The van der Waals surface area contributed by atoms with E-state index in [-0.39, 0.29) is 5.92 Å². The predicted molar refractivity (Wildman–Crippen MR) is 87.8 cm³/mol. The van der Waals surface area contributed by atoms with Crippen LogP contribution < -0.4 is 0 Å². The molecule has 0 saturated carbocycles.